The van der Waals surface area contributed by atoms with E-state index in [0.717, 1.165) is 24.0 Å². The van der Waals surface area contributed by atoms with E-state index in [1.807, 2.05) is 60.7 Å². The van der Waals surface area contributed by atoms with E-state index in [0.29, 0.717) is 0 Å². The Morgan fingerprint density at radius 2 is 1.36 bits per heavy atom. The van der Waals surface area contributed by atoms with Crippen molar-refractivity contribution in [2.24, 2.45) is 0 Å². The molecule has 1 aliphatic carbocycles. The summed E-state index contributed by atoms with van der Waals surface area (Å²) >= 11 is 6.91. The Balaban J connectivity index is 1.97. The van der Waals surface area contributed by atoms with E-state index in [2.05, 4.69) is 5.32 Å². The highest BCUT2D eigenvalue weighted by Crippen LogP contribution is 2.37. The predicted molar refractivity (Wildman–Crippen MR) is 89.9 cm³/mol. The minimum atomic E-state index is -1.18. The van der Waals surface area contributed by atoms with Gasteiger partial charge in [-0.05, 0) is 24.0 Å². The standard InChI is InChI=1S/C19H20ClNO/c20-19(15-9-3-1-4-10-15,16-11-5-2-6-12-16)18(22)21-17-13-7-8-14-17/h1-6,9-12,17H,7-8,13-14H2,(H,21,22). The summed E-state index contributed by atoms with van der Waals surface area (Å²) in [6, 6.07) is 19.4. The Morgan fingerprint density at radius 1 is 0.909 bits per heavy atom. The number of nitrogens with one attached hydrogen (secondary N) is 1. The van der Waals surface area contributed by atoms with Gasteiger partial charge in [0.2, 0.25) is 0 Å². The van der Waals surface area contributed by atoms with Gasteiger partial charge in [0.15, 0.2) is 4.87 Å². The van der Waals surface area contributed by atoms with Crippen molar-refractivity contribution in [1.82, 2.24) is 5.32 Å². The molecule has 0 radical (unpaired) electrons. The summed E-state index contributed by atoms with van der Waals surface area (Å²) in [5, 5.41) is 3.15. The van der Waals surface area contributed by atoms with Gasteiger partial charge < -0.3 is 5.32 Å². The zero-order chi connectivity index (χ0) is 15.4. The largest absolute Gasteiger partial charge is 0.351 e. The number of rotatable bonds is 4. The average molecular weight is 314 g/mol. The first-order chi connectivity index (χ1) is 10.7. The van der Waals surface area contributed by atoms with E-state index in [1.54, 1.807) is 0 Å². The molecule has 22 heavy (non-hydrogen) atoms. The van der Waals surface area contributed by atoms with E-state index in [9.17, 15) is 4.79 Å². The third-order valence-corrected chi connectivity index (χ3v) is 4.95. The number of hydrogen-bond acceptors (Lipinski definition) is 1. The summed E-state index contributed by atoms with van der Waals surface area (Å²) in [5.41, 5.74) is 1.61. The highest BCUT2D eigenvalue weighted by atomic mass is 35.5. The lowest BCUT2D eigenvalue weighted by Crippen LogP contribution is -2.45. The molecule has 1 amide bonds. The molecule has 1 saturated carbocycles. The van der Waals surface area contributed by atoms with Crippen LogP contribution in [0.15, 0.2) is 60.7 Å². The maximum absolute atomic E-state index is 13.0. The van der Waals surface area contributed by atoms with Gasteiger partial charge in [0.05, 0.1) is 0 Å². The maximum Gasteiger partial charge on any atom is 0.250 e. The second kappa shape index (κ2) is 6.53. The van der Waals surface area contributed by atoms with Gasteiger partial charge >= 0.3 is 0 Å². The molecule has 1 fully saturated rings. The summed E-state index contributed by atoms with van der Waals surface area (Å²) in [6.45, 7) is 0. The summed E-state index contributed by atoms with van der Waals surface area (Å²) < 4.78 is 0. The Morgan fingerprint density at radius 3 is 1.82 bits per heavy atom. The van der Waals surface area contributed by atoms with E-state index >= 15 is 0 Å². The van der Waals surface area contributed by atoms with E-state index in [1.165, 1.54) is 12.8 Å². The molecule has 1 aliphatic rings. The third-order valence-electron chi connectivity index (χ3n) is 4.35. The lowest BCUT2D eigenvalue weighted by molar-refractivity contribution is -0.123. The van der Waals surface area contributed by atoms with Crippen molar-refractivity contribution in [2.75, 3.05) is 0 Å². The molecule has 3 rings (SSSR count). The smallest absolute Gasteiger partial charge is 0.250 e. The second-order valence-electron chi connectivity index (χ2n) is 5.85. The lowest BCUT2D eigenvalue weighted by Gasteiger charge is -2.28. The minimum absolute atomic E-state index is 0.126. The van der Waals surface area contributed by atoms with Gasteiger partial charge in [-0.25, -0.2) is 0 Å². The molecule has 0 aliphatic heterocycles. The van der Waals surface area contributed by atoms with Crippen LogP contribution in [-0.4, -0.2) is 11.9 Å². The van der Waals surface area contributed by atoms with Crippen LogP contribution in [0.1, 0.15) is 36.8 Å². The van der Waals surface area contributed by atoms with E-state index in [-0.39, 0.29) is 11.9 Å². The second-order valence-corrected chi connectivity index (χ2v) is 6.41. The summed E-state index contributed by atoms with van der Waals surface area (Å²) in [6.07, 6.45) is 4.44. The van der Waals surface area contributed by atoms with Gasteiger partial charge in [-0.2, -0.15) is 0 Å². The van der Waals surface area contributed by atoms with Gasteiger partial charge in [0, 0.05) is 6.04 Å². The lowest BCUT2D eigenvalue weighted by atomic mass is 9.89. The molecule has 1 N–H and O–H groups in total. The van der Waals surface area contributed by atoms with Crippen molar-refractivity contribution >= 4 is 17.5 Å². The fraction of sp³-hybridized carbons (Fsp3) is 0.316. The Bertz CT molecular complexity index is 581. The molecule has 0 bridgehead atoms. The van der Waals surface area contributed by atoms with Crippen molar-refractivity contribution in [3.8, 4) is 0 Å². The van der Waals surface area contributed by atoms with Crippen molar-refractivity contribution in [1.29, 1.82) is 0 Å². The number of carbonyl (C=O) groups excluding carboxylic acids is 1. The molecule has 0 atom stereocenters. The SMILES string of the molecule is O=C(NC1CCCC1)C(Cl)(c1ccccc1)c1ccccc1. The van der Waals surface area contributed by atoms with Gasteiger partial charge in [-0.1, -0.05) is 85.1 Å². The summed E-state index contributed by atoms with van der Waals surface area (Å²) in [4.78, 5) is 11.8. The first-order valence-corrected chi connectivity index (χ1v) is 8.20. The molecule has 2 aromatic carbocycles. The first-order valence-electron chi connectivity index (χ1n) is 7.82. The maximum atomic E-state index is 13.0. The van der Waals surface area contributed by atoms with Crippen LogP contribution >= 0.6 is 11.6 Å². The molecule has 0 unspecified atom stereocenters. The molecule has 2 aromatic rings. The molecule has 114 valence electrons. The van der Waals surface area contributed by atoms with Crippen LogP contribution in [0.25, 0.3) is 0 Å². The molecule has 0 aromatic heterocycles. The summed E-state index contributed by atoms with van der Waals surface area (Å²) in [5.74, 6) is -0.126. The number of carbonyl (C=O) groups is 1. The number of benzene rings is 2. The average Bonchev–Trinajstić information content (AvgIpc) is 3.08. The third kappa shape index (κ3) is 2.89. The Kier molecular flexibility index (Phi) is 4.49. The van der Waals surface area contributed by atoms with Crippen LogP contribution in [0.5, 0.6) is 0 Å². The van der Waals surface area contributed by atoms with Crippen LogP contribution in [0.3, 0.4) is 0 Å². The topological polar surface area (TPSA) is 29.1 Å². The molecule has 0 saturated heterocycles. The fourth-order valence-electron chi connectivity index (χ4n) is 3.12. The van der Waals surface area contributed by atoms with E-state index in [4.69, 9.17) is 11.6 Å². The molecule has 3 heteroatoms. The predicted octanol–water partition coefficient (Wildman–Crippen LogP) is 4.23. The first kappa shape index (κ1) is 15.1. The van der Waals surface area contributed by atoms with Gasteiger partial charge in [0.1, 0.15) is 0 Å². The number of hydrogen-bond donors (Lipinski definition) is 1. The van der Waals surface area contributed by atoms with Crippen LogP contribution in [-0.2, 0) is 9.67 Å². The van der Waals surface area contributed by atoms with E-state index < -0.39 is 4.87 Å². The molecular formula is C19H20ClNO. The monoisotopic (exact) mass is 313 g/mol. The fourth-order valence-corrected chi connectivity index (χ4v) is 3.43. The molecule has 2 nitrogen and oxygen atoms in total. The zero-order valence-electron chi connectivity index (χ0n) is 12.5. The van der Waals surface area contributed by atoms with Crippen LogP contribution in [0, 0.1) is 0 Å². The van der Waals surface area contributed by atoms with Crippen molar-refractivity contribution < 1.29 is 4.79 Å². The van der Waals surface area contributed by atoms with Gasteiger partial charge in [0.25, 0.3) is 5.91 Å². The van der Waals surface area contributed by atoms with Crippen LogP contribution in [0.4, 0.5) is 0 Å². The Hall–Kier alpha value is -1.80. The number of halogens is 1. The van der Waals surface area contributed by atoms with Crippen molar-refractivity contribution in [2.45, 2.75) is 36.6 Å². The molecule has 0 heterocycles. The highest BCUT2D eigenvalue weighted by molar-refractivity contribution is 6.37. The zero-order valence-corrected chi connectivity index (χ0v) is 13.2. The quantitative estimate of drug-likeness (QED) is 0.841. The number of amides is 1. The van der Waals surface area contributed by atoms with Crippen LogP contribution < -0.4 is 5.32 Å². The highest BCUT2D eigenvalue weighted by Gasteiger charge is 2.40. The van der Waals surface area contributed by atoms with Crippen LogP contribution in [0.2, 0.25) is 0 Å². The Labute approximate surface area is 136 Å². The van der Waals surface area contributed by atoms with Gasteiger partial charge in [-0.3, -0.25) is 4.79 Å². The summed E-state index contributed by atoms with van der Waals surface area (Å²) in [7, 11) is 0. The minimum Gasteiger partial charge on any atom is -0.351 e. The van der Waals surface area contributed by atoms with Crippen molar-refractivity contribution in [3.05, 3.63) is 71.8 Å². The van der Waals surface area contributed by atoms with Crippen molar-refractivity contribution in [3.63, 3.8) is 0 Å². The number of alkyl halides is 1. The normalized spacial score (nSPS) is 15.7. The molecule has 0 spiro atoms. The molecular weight excluding hydrogens is 294 g/mol. The van der Waals surface area contributed by atoms with Gasteiger partial charge in [-0.15, -0.1) is 0 Å².